The summed E-state index contributed by atoms with van der Waals surface area (Å²) in [6, 6.07) is 7.13. The molecule has 1 aromatic carbocycles. The summed E-state index contributed by atoms with van der Waals surface area (Å²) in [5, 5.41) is 9.70. The number of methoxy groups -OCH3 is 1. The number of ether oxygens (including phenoxy) is 2. The molecule has 1 aromatic heterocycles. The van der Waals surface area contributed by atoms with E-state index in [4.69, 9.17) is 9.47 Å². The van der Waals surface area contributed by atoms with Gasteiger partial charge in [-0.25, -0.2) is 4.98 Å². The molecule has 7 heteroatoms. The lowest BCUT2D eigenvalue weighted by atomic mass is 10.1. The summed E-state index contributed by atoms with van der Waals surface area (Å²) in [5.74, 6) is 1.12. The fraction of sp³-hybridized carbons (Fsp3) is 0.312. The molecule has 6 nitrogen and oxygen atoms in total. The van der Waals surface area contributed by atoms with Crippen molar-refractivity contribution in [3.63, 3.8) is 0 Å². The second-order valence-electron chi connectivity index (χ2n) is 4.94. The van der Waals surface area contributed by atoms with Gasteiger partial charge < -0.3 is 14.5 Å². The average Bonchev–Trinajstić information content (AvgIpc) is 2.53. The second kappa shape index (κ2) is 7.20. The maximum atomic E-state index is 12.0. The Labute approximate surface area is 138 Å². The minimum atomic E-state index is -0.455. The van der Waals surface area contributed by atoms with Gasteiger partial charge in [0.15, 0.2) is 16.7 Å². The predicted molar refractivity (Wildman–Crippen MR) is 89.1 cm³/mol. The molecule has 0 saturated heterocycles. The van der Waals surface area contributed by atoms with Crippen molar-refractivity contribution in [3.8, 4) is 28.8 Å². The molecular formula is C16H17N3O3S. The van der Waals surface area contributed by atoms with Crippen molar-refractivity contribution in [3.05, 3.63) is 34.1 Å². The summed E-state index contributed by atoms with van der Waals surface area (Å²) in [4.78, 5) is 18.9. The van der Waals surface area contributed by atoms with Crippen molar-refractivity contribution >= 4 is 11.8 Å². The van der Waals surface area contributed by atoms with Crippen LogP contribution in [-0.4, -0.2) is 29.4 Å². The Hall–Kier alpha value is -2.46. The molecule has 0 amide bonds. The number of aromatic amines is 1. The van der Waals surface area contributed by atoms with Crippen molar-refractivity contribution in [2.45, 2.75) is 25.1 Å². The maximum absolute atomic E-state index is 12.0. The van der Waals surface area contributed by atoms with E-state index < -0.39 is 5.56 Å². The fourth-order valence-electron chi connectivity index (χ4n) is 2.03. The highest BCUT2D eigenvalue weighted by molar-refractivity contribution is 7.98. The van der Waals surface area contributed by atoms with Gasteiger partial charge >= 0.3 is 0 Å². The minimum Gasteiger partial charge on any atom is -0.493 e. The Bertz CT molecular complexity index is 809. The number of hydrogen-bond acceptors (Lipinski definition) is 6. The van der Waals surface area contributed by atoms with Gasteiger partial charge in [0.1, 0.15) is 11.6 Å². The van der Waals surface area contributed by atoms with Crippen LogP contribution >= 0.6 is 11.8 Å². The highest BCUT2D eigenvalue weighted by Crippen LogP contribution is 2.33. The Kier molecular flexibility index (Phi) is 5.29. The average molecular weight is 331 g/mol. The van der Waals surface area contributed by atoms with Crippen molar-refractivity contribution in [2.24, 2.45) is 0 Å². The molecular weight excluding hydrogens is 314 g/mol. The molecule has 1 N–H and O–H groups in total. The molecule has 0 aliphatic rings. The summed E-state index contributed by atoms with van der Waals surface area (Å²) in [7, 11) is 1.54. The molecule has 2 aromatic rings. The molecule has 23 heavy (non-hydrogen) atoms. The van der Waals surface area contributed by atoms with E-state index in [1.807, 2.05) is 19.9 Å². The predicted octanol–water partition coefficient (Wildman–Crippen LogP) is 2.83. The Balaban J connectivity index is 2.61. The summed E-state index contributed by atoms with van der Waals surface area (Å²) in [6.07, 6.45) is 1.80. The zero-order valence-electron chi connectivity index (χ0n) is 13.3. The van der Waals surface area contributed by atoms with Gasteiger partial charge in [-0.15, -0.1) is 0 Å². The third-order valence-electron chi connectivity index (χ3n) is 3.00. The third-order valence-corrected chi connectivity index (χ3v) is 3.58. The zero-order chi connectivity index (χ0) is 17.0. The molecule has 0 aliphatic carbocycles. The van der Waals surface area contributed by atoms with Crippen molar-refractivity contribution in [2.75, 3.05) is 13.4 Å². The summed E-state index contributed by atoms with van der Waals surface area (Å²) in [6.45, 7) is 3.84. The van der Waals surface area contributed by atoms with Crippen molar-refractivity contribution < 1.29 is 9.47 Å². The van der Waals surface area contributed by atoms with Crippen LogP contribution in [0.1, 0.15) is 19.4 Å². The summed E-state index contributed by atoms with van der Waals surface area (Å²) in [5.41, 5.74) is 0.469. The minimum absolute atomic E-state index is 0.00482. The molecule has 0 fully saturated rings. The standard InChI is InChI=1S/C16H17N3O3S/c1-9(2)22-12-6-5-10(7-13(12)21-3)14-11(8-17)15(20)19-16(18-14)23-4/h5-7,9H,1-4H3,(H,18,19,20). The molecule has 120 valence electrons. The molecule has 0 bridgehead atoms. The molecule has 0 radical (unpaired) electrons. The first kappa shape index (κ1) is 16.9. The highest BCUT2D eigenvalue weighted by Gasteiger charge is 2.16. The third kappa shape index (κ3) is 3.66. The van der Waals surface area contributed by atoms with Gasteiger partial charge in [0, 0.05) is 5.56 Å². The Morgan fingerprint density at radius 1 is 1.35 bits per heavy atom. The van der Waals surface area contributed by atoms with Gasteiger partial charge in [0.05, 0.1) is 18.9 Å². The van der Waals surface area contributed by atoms with E-state index in [0.717, 1.165) is 0 Å². The second-order valence-corrected chi connectivity index (χ2v) is 5.74. The van der Waals surface area contributed by atoms with E-state index in [0.29, 0.717) is 27.9 Å². The van der Waals surface area contributed by atoms with E-state index in [1.54, 1.807) is 24.5 Å². The van der Waals surface area contributed by atoms with Crippen LogP contribution in [0.2, 0.25) is 0 Å². The first-order valence-electron chi connectivity index (χ1n) is 6.93. The largest absolute Gasteiger partial charge is 0.493 e. The first-order valence-corrected chi connectivity index (χ1v) is 8.16. The number of benzene rings is 1. The number of nitriles is 1. The topological polar surface area (TPSA) is 88.0 Å². The van der Waals surface area contributed by atoms with E-state index in [9.17, 15) is 10.1 Å². The van der Waals surface area contributed by atoms with Crippen molar-refractivity contribution in [1.82, 2.24) is 9.97 Å². The molecule has 0 aliphatic heterocycles. The number of nitrogens with zero attached hydrogens (tertiary/aromatic N) is 2. The number of thioether (sulfide) groups is 1. The SMILES string of the molecule is COc1cc(-c2nc(SC)[nH]c(=O)c2C#N)ccc1OC(C)C. The number of rotatable bonds is 5. The van der Waals surface area contributed by atoms with Gasteiger partial charge in [0.2, 0.25) is 0 Å². The highest BCUT2D eigenvalue weighted by atomic mass is 32.2. The monoisotopic (exact) mass is 331 g/mol. The van der Waals surface area contributed by atoms with Crippen LogP contribution in [0.4, 0.5) is 0 Å². The van der Waals surface area contributed by atoms with E-state index in [2.05, 4.69) is 9.97 Å². The summed E-state index contributed by atoms with van der Waals surface area (Å²) < 4.78 is 11.0. The van der Waals surface area contributed by atoms with Gasteiger partial charge in [-0.3, -0.25) is 4.79 Å². The van der Waals surface area contributed by atoms with Crippen LogP contribution in [0, 0.1) is 11.3 Å². The van der Waals surface area contributed by atoms with Crippen molar-refractivity contribution in [1.29, 1.82) is 5.26 Å². The zero-order valence-corrected chi connectivity index (χ0v) is 14.2. The molecule has 0 saturated carbocycles. The normalized spacial score (nSPS) is 10.4. The van der Waals surface area contributed by atoms with Crippen LogP contribution in [0.5, 0.6) is 11.5 Å². The molecule has 0 spiro atoms. The molecule has 0 atom stereocenters. The van der Waals surface area contributed by atoms with Crippen LogP contribution in [-0.2, 0) is 0 Å². The van der Waals surface area contributed by atoms with E-state index in [-0.39, 0.29) is 11.7 Å². The van der Waals surface area contributed by atoms with Crippen LogP contribution in [0.3, 0.4) is 0 Å². The Morgan fingerprint density at radius 3 is 2.65 bits per heavy atom. The smallest absolute Gasteiger partial charge is 0.270 e. The number of aromatic nitrogens is 2. The number of hydrogen-bond donors (Lipinski definition) is 1. The summed E-state index contributed by atoms with van der Waals surface area (Å²) >= 11 is 1.30. The quantitative estimate of drug-likeness (QED) is 0.669. The van der Waals surface area contributed by atoms with E-state index >= 15 is 0 Å². The Morgan fingerprint density at radius 2 is 2.09 bits per heavy atom. The molecule has 1 heterocycles. The first-order chi connectivity index (χ1) is 11.0. The molecule has 2 rings (SSSR count). The number of nitrogens with one attached hydrogen (secondary N) is 1. The lowest BCUT2D eigenvalue weighted by molar-refractivity contribution is 0.230. The van der Waals surface area contributed by atoms with Gasteiger partial charge in [-0.1, -0.05) is 11.8 Å². The lowest BCUT2D eigenvalue weighted by Crippen LogP contribution is -2.14. The van der Waals surface area contributed by atoms with Crippen LogP contribution < -0.4 is 15.0 Å². The van der Waals surface area contributed by atoms with E-state index in [1.165, 1.54) is 18.9 Å². The number of H-pyrrole nitrogens is 1. The maximum Gasteiger partial charge on any atom is 0.270 e. The van der Waals surface area contributed by atoms with Gasteiger partial charge in [-0.05, 0) is 38.3 Å². The van der Waals surface area contributed by atoms with Gasteiger partial charge in [0.25, 0.3) is 5.56 Å². The van der Waals surface area contributed by atoms with Crippen LogP contribution in [0.15, 0.2) is 28.2 Å². The van der Waals surface area contributed by atoms with Gasteiger partial charge in [-0.2, -0.15) is 5.26 Å². The van der Waals surface area contributed by atoms with Crippen LogP contribution in [0.25, 0.3) is 11.3 Å². The fourth-order valence-corrected chi connectivity index (χ4v) is 2.41. The molecule has 0 unspecified atom stereocenters. The lowest BCUT2D eigenvalue weighted by Gasteiger charge is -2.14.